The van der Waals surface area contributed by atoms with Crippen LogP contribution >= 0.6 is 11.3 Å². The molecular formula is C15H23N3OS. The Hall–Kier alpha value is -0.910. The standard InChI is InChI=1S/C15H23N3OS/c1-3-19-15(6-4-5-7-15)13(16-2)10-12-11-18-8-9-20-14(18)17-12/h8-9,11,13,16H,3-7,10H2,1-2H3. The van der Waals surface area contributed by atoms with E-state index in [9.17, 15) is 0 Å². The van der Waals surface area contributed by atoms with Crippen molar-refractivity contribution in [3.63, 3.8) is 0 Å². The second kappa shape index (κ2) is 5.84. The third-order valence-corrected chi connectivity index (χ3v) is 5.19. The van der Waals surface area contributed by atoms with Gasteiger partial charge in [-0.1, -0.05) is 12.8 Å². The number of imidazole rings is 1. The van der Waals surface area contributed by atoms with Gasteiger partial charge in [0.25, 0.3) is 0 Å². The Morgan fingerprint density at radius 3 is 2.95 bits per heavy atom. The Bertz CT molecular complexity index is 528. The van der Waals surface area contributed by atoms with Gasteiger partial charge in [-0.15, -0.1) is 11.3 Å². The van der Waals surface area contributed by atoms with Crippen molar-refractivity contribution < 1.29 is 4.74 Å². The Labute approximate surface area is 124 Å². The minimum absolute atomic E-state index is 0.000538. The number of fused-ring (bicyclic) bond motifs is 1. The summed E-state index contributed by atoms with van der Waals surface area (Å²) >= 11 is 1.68. The summed E-state index contributed by atoms with van der Waals surface area (Å²) in [6, 6.07) is 0.342. The predicted octanol–water partition coefficient (Wildman–Crippen LogP) is 2.88. The van der Waals surface area contributed by atoms with E-state index in [2.05, 4.69) is 34.4 Å². The highest BCUT2D eigenvalue weighted by Gasteiger charge is 2.41. The van der Waals surface area contributed by atoms with Gasteiger partial charge in [0, 0.05) is 36.8 Å². The van der Waals surface area contributed by atoms with E-state index in [4.69, 9.17) is 9.72 Å². The number of nitrogens with zero attached hydrogens (tertiary/aromatic N) is 2. The molecule has 0 amide bonds. The maximum absolute atomic E-state index is 6.18. The van der Waals surface area contributed by atoms with Crippen LogP contribution in [0, 0.1) is 0 Å². The molecule has 5 heteroatoms. The summed E-state index contributed by atoms with van der Waals surface area (Å²) in [5.74, 6) is 0. The maximum atomic E-state index is 6.18. The number of rotatable bonds is 6. The molecule has 2 aromatic heterocycles. The fraction of sp³-hybridized carbons (Fsp3) is 0.667. The minimum atomic E-state index is 0.000538. The van der Waals surface area contributed by atoms with Crippen LogP contribution < -0.4 is 5.32 Å². The van der Waals surface area contributed by atoms with Crippen LogP contribution in [0.3, 0.4) is 0 Å². The van der Waals surface area contributed by atoms with Crippen molar-refractivity contribution in [1.29, 1.82) is 0 Å². The van der Waals surface area contributed by atoms with Crippen LogP contribution in [0.1, 0.15) is 38.3 Å². The Morgan fingerprint density at radius 1 is 1.50 bits per heavy atom. The largest absolute Gasteiger partial charge is 0.374 e. The van der Waals surface area contributed by atoms with Gasteiger partial charge in [0.1, 0.15) is 0 Å². The number of hydrogen-bond donors (Lipinski definition) is 1. The monoisotopic (exact) mass is 293 g/mol. The van der Waals surface area contributed by atoms with Crippen molar-refractivity contribution in [2.75, 3.05) is 13.7 Å². The second-order valence-electron chi connectivity index (χ2n) is 5.58. The zero-order valence-corrected chi connectivity index (χ0v) is 13.1. The third kappa shape index (κ3) is 2.50. The first-order valence-corrected chi connectivity index (χ1v) is 8.37. The summed E-state index contributed by atoms with van der Waals surface area (Å²) in [6.07, 6.45) is 10.0. The molecule has 1 aliphatic carbocycles. The minimum Gasteiger partial charge on any atom is -0.374 e. The SMILES string of the molecule is CCOC1(C(Cc2cn3ccsc3n2)NC)CCCC1. The molecule has 110 valence electrons. The van der Waals surface area contributed by atoms with Crippen LogP contribution in [0.4, 0.5) is 0 Å². The number of thiazole rings is 1. The topological polar surface area (TPSA) is 38.6 Å². The maximum Gasteiger partial charge on any atom is 0.193 e. The van der Waals surface area contributed by atoms with Crippen molar-refractivity contribution in [3.8, 4) is 0 Å². The summed E-state index contributed by atoms with van der Waals surface area (Å²) in [6.45, 7) is 2.88. The lowest BCUT2D eigenvalue weighted by molar-refractivity contribution is -0.0598. The molecule has 0 aromatic carbocycles. The highest BCUT2D eigenvalue weighted by atomic mass is 32.1. The Kier molecular flexibility index (Phi) is 4.10. The number of aromatic nitrogens is 2. The number of hydrogen-bond acceptors (Lipinski definition) is 4. The predicted molar refractivity (Wildman–Crippen MR) is 82.4 cm³/mol. The van der Waals surface area contributed by atoms with Gasteiger partial charge in [-0.2, -0.15) is 0 Å². The van der Waals surface area contributed by atoms with Gasteiger partial charge in [0.15, 0.2) is 4.96 Å². The summed E-state index contributed by atoms with van der Waals surface area (Å²) in [7, 11) is 2.04. The van der Waals surface area contributed by atoms with Crippen LogP contribution in [0.5, 0.6) is 0 Å². The first kappa shape index (κ1) is 14.0. The average Bonchev–Trinajstić information content (AvgIpc) is 3.11. The molecule has 1 aliphatic rings. The normalized spacial score (nSPS) is 19.7. The molecule has 1 atom stereocenters. The van der Waals surface area contributed by atoms with Crippen molar-refractivity contribution in [2.45, 2.75) is 50.7 Å². The molecule has 2 aromatic rings. The van der Waals surface area contributed by atoms with E-state index in [1.165, 1.54) is 12.8 Å². The van der Waals surface area contributed by atoms with Crippen molar-refractivity contribution in [1.82, 2.24) is 14.7 Å². The van der Waals surface area contributed by atoms with Crippen LogP contribution in [0.2, 0.25) is 0 Å². The molecule has 1 fully saturated rings. The number of ether oxygens (including phenoxy) is 1. The zero-order valence-electron chi connectivity index (χ0n) is 12.3. The van der Waals surface area contributed by atoms with E-state index in [1.807, 2.05) is 7.05 Å². The molecule has 3 rings (SSSR count). The summed E-state index contributed by atoms with van der Waals surface area (Å²) in [4.78, 5) is 5.78. The van der Waals surface area contributed by atoms with Crippen molar-refractivity contribution in [2.24, 2.45) is 0 Å². The van der Waals surface area contributed by atoms with Gasteiger partial charge in [-0.05, 0) is 26.8 Å². The molecule has 20 heavy (non-hydrogen) atoms. The number of likely N-dealkylation sites (N-methyl/N-ethyl adjacent to an activating group) is 1. The Morgan fingerprint density at radius 2 is 2.30 bits per heavy atom. The van der Waals surface area contributed by atoms with Gasteiger partial charge in [-0.3, -0.25) is 4.40 Å². The first-order valence-electron chi connectivity index (χ1n) is 7.50. The second-order valence-corrected chi connectivity index (χ2v) is 6.45. The third-order valence-electron chi connectivity index (χ3n) is 4.42. The van der Waals surface area contributed by atoms with Crippen molar-refractivity contribution >= 4 is 16.3 Å². The smallest absolute Gasteiger partial charge is 0.193 e. The van der Waals surface area contributed by atoms with Crippen LogP contribution in [0.25, 0.3) is 4.96 Å². The zero-order chi connectivity index (χ0) is 14.0. The lowest BCUT2D eigenvalue weighted by Crippen LogP contribution is -2.51. The molecule has 0 aliphatic heterocycles. The van der Waals surface area contributed by atoms with Gasteiger partial charge in [0.2, 0.25) is 0 Å². The molecule has 0 spiro atoms. The lowest BCUT2D eigenvalue weighted by Gasteiger charge is -2.37. The summed E-state index contributed by atoms with van der Waals surface area (Å²) in [5, 5.41) is 5.55. The van der Waals surface area contributed by atoms with E-state index in [0.717, 1.165) is 36.5 Å². The molecular weight excluding hydrogens is 270 g/mol. The molecule has 0 bridgehead atoms. The fourth-order valence-corrected chi connectivity index (χ4v) is 4.21. The van der Waals surface area contributed by atoms with E-state index < -0.39 is 0 Å². The Balaban J connectivity index is 1.80. The van der Waals surface area contributed by atoms with Crippen molar-refractivity contribution in [3.05, 3.63) is 23.5 Å². The van der Waals surface area contributed by atoms with Gasteiger partial charge in [0.05, 0.1) is 11.3 Å². The van der Waals surface area contributed by atoms with Crippen LogP contribution in [-0.2, 0) is 11.2 Å². The van der Waals surface area contributed by atoms with Gasteiger partial charge >= 0.3 is 0 Å². The molecule has 0 radical (unpaired) electrons. The van der Waals surface area contributed by atoms with Gasteiger partial charge < -0.3 is 10.1 Å². The van der Waals surface area contributed by atoms with E-state index in [-0.39, 0.29) is 5.60 Å². The highest BCUT2D eigenvalue weighted by molar-refractivity contribution is 7.15. The first-order chi connectivity index (χ1) is 9.77. The lowest BCUT2D eigenvalue weighted by atomic mass is 9.88. The van der Waals surface area contributed by atoms with Crippen LogP contribution in [-0.4, -0.2) is 34.7 Å². The summed E-state index contributed by atoms with van der Waals surface area (Å²) in [5.41, 5.74) is 1.16. The molecule has 1 N–H and O–H groups in total. The van der Waals surface area contributed by atoms with E-state index in [0.29, 0.717) is 6.04 Å². The fourth-order valence-electron chi connectivity index (χ4n) is 3.49. The van der Waals surface area contributed by atoms with Gasteiger partial charge in [-0.25, -0.2) is 4.98 Å². The molecule has 1 saturated carbocycles. The average molecular weight is 293 g/mol. The van der Waals surface area contributed by atoms with Crippen LogP contribution in [0.15, 0.2) is 17.8 Å². The van der Waals surface area contributed by atoms with E-state index in [1.54, 1.807) is 11.3 Å². The van der Waals surface area contributed by atoms with E-state index >= 15 is 0 Å². The highest BCUT2D eigenvalue weighted by Crippen LogP contribution is 2.37. The molecule has 4 nitrogen and oxygen atoms in total. The summed E-state index contributed by atoms with van der Waals surface area (Å²) < 4.78 is 8.28. The molecule has 1 unspecified atom stereocenters. The quantitative estimate of drug-likeness (QED) is 0.890. The molecule has 2 heterocycles. The molecule has 0 saturated heterocycles. The number of nitrogens with one attached hydrogen (secondary N) is 1.